The minimum absolute atomic E-state index is 0.829. The van der Waals surface area contributed by atoms with E-state index in [4.69, 9.17) is 0 Å². The van der Waals surface area contributed by atoms with E-state index >= 15 is 0 Å². The molecule has 0 unspecified atom stereocenters. The van der Waals surface area contributed by atoms with Crippen LogP contribution in [0.15, 0.2) is 42.7 Å². The molecule has 0 aliphatic carbocycles. The van der Waals surface area contributed by atoms with Crippen LogP contribution in [-0.2, 0) is 19.5 Å². The summed E-state index contributed by atoms with van der Waals surface area (Å²) in [7, 11) is 0. The zero-order valence-corrected chi connectivity index (χ0v) is 11.8. The van der Waals surface area contributed by atoms with Crippen molar-refractivity contribution in [1.82, 2.24) is 20.1 Å². The summed E-state index contributed by atoms with van der Waals surface area (Å²) >= 11 is 0. The lowest BCUT2D eigenvalue weighted by molar-refractivity contribution is 0.620. The van der Waals surface area contributed by atoms with Gasteiger partial charge < -0.3 is 10.3 Å². The van der Waals surface area contributed by atoms with Crippen molar-refractivity contribution in [2.45, 2.75) is 26.4 Å². The molecule has 2 N–H and O–H groups in total. The number of aromatic amines is 1. The van der Waals surface area contributed by atoms with E-state index in [0.717, 1.165) is 31.7 Å². The van der Waals surface area contributed by atoms with Crippen LogP contribution in [0, 0.1) is 0 Å². The topological polar surface area (TPSA) is 45.6 Å². The van der Waals surface area contributed by atoms with Crippen molar-refractivity contribution in [3.05, 3.63) is 54.0 Å². The average molecular weight is 268 g/mol. The SMILES string of the molecule is CCn1ccc(CNCCc2c[nH]c3ccccc23)n1. The molecule has 0 radical (unpaired) electrons. The number of fused-ring (bicyclic) bond motifs is 1. The van der Waals surface area contributed by atoms with Crippen LogP contribution in [0.3, 0.4) is 0 Å². The zero-order valence-electron chi connectivity index (χ0n) is 11.8. The van der Waals surface area contributed by atoms with Crippen LogP contribution >= 0.6 is 0 Å². The predicted octanol–water partition coefficient (Wildman–Crippen LogP) is 2.72. The first-order valence-electron chi connectivity index (χ1n) is 7.15. The number of para-hydroxylation sites is 1. The summed E-state index contributed by atoms with van der Waals surface area (Å²) in [6.07, 6.45) is 5.16. The van der Waals surface area contributed by atoms with E-state index < -0.39 is 0 Å². The molecule has 0 saturated carbocycles. The highest BCUT2D eigenvalue weighted by molar-refractivity contribution is 5.83. The smallest absolute Gasteiger partial charge is 0.0762 e. The van der Waals surface area contributed by atoms with Gasteiger partial charge >= 0.3 is 0 Å². The van der Waals surface area contributed by atoms with Gasteiger partial charge in [0.25, 0.3) is 0 Å². The van der Waals surface area contributed by atoms with Crippen LogP contribution in [0.5, 0.6) is 0 Å². The Morgan fingerprint density at radius 2 is 2.15 bits per heavy atom. The van der Waals surface area contributed by atoms with E-state index in [1.54, 1.807) is 0 Å². The van der Waals surface area contributed by atoms with Gasteiger partial charge in [0.05, 0.1) is 5.69 Å². The standard InChI is InChI=1S/C16H20N4/c1-2-20-10-8-14(19-20)12-17-9-7-13-11-18-16-6-4-3-5-15(13)16/h3-6,8,10-11,17-18H,2,7,9,12H2,1H3. The second kappa shape index (κ2) is 5.92. The third-order valence-corrected chi connectivity index (χ3v) is 3.57. The molecule has 1 aromatic carbocycles. The molecule has 0 bridgehead atoms. The van der Waals surface area contributed by atoms with E-state index in [1.165, 1.54) is 16.5 Å². The molecule has 104 valence electrons. The number of aryl methyl sites for hydroxylation is 1. The maximum atomic E-state index is 4.46. The zero-order chi connectivity index (χ0) is 13.8. The quantitative estimate of drug-likeness (QED) is 0.675. The lowest BCUT2D eigenvalue weighted by atomic mass is 10.1. The molecule has 0 atom stereocenters. The van der Waals surface area contributed by atoms with Gasteiger partial charge in [0.15, 0.2) is 0 Å². The van der Waals surface area contributed by atoms with Crippen LogP contribution in [0.25, 0.3) is 10.9 Å². The molecule has 3 aromatic rings. The summed E-state index contributed by atoms with van der Waals surface area (Å²) in [4.78, 5) is 3.31. The monoisotopic (exact) mass is 268 g/mol. The summed E-state index contributed by atoms with van der Waals surface area (Å²) < 4.78 is 1.96. The highest BCUT2D eigenvalue weighted by Gasteiger charge is 2.02. The van der Waals surface area contributed by atoms with E-state index in [-0.39, 0.29) is 0 Å². The highest BCUT2D eigenvalue weighted by atomic mass is 15.3. The van der Waals surface area contributed by atoms with Crippen molar-refractivity contribution in [2.75, 3.05) is 6.54 Å². The van der Waals surface area contributed by atoms with Gasteiger partial charge in [0, 0.05) is 36.4 Å². The molecule has 3 rings (SSSR count). The second-order valence-electron chi connectivity index (χ2n) is 4.95. The van der Waals surface area contributed by atoms with Gasteiger partial charge in [-0.25, -0.2) is 0 Å². The first-order valence-corrected chi connectivity index (χ1v) is 7.15. The van der Waals surface area contributed by atoms with Crippen molar-refractivity contribution in [3.63, 3.8) is 0 Å². The average Bonchev–Trinajstić information content (AvgIpc) is 3.10. The van der Waals surface area contributed by atoms with Crippen molar-refractivity contribution < 1.29 is 0 Å². The van der Waals surface area contributed by atoms with Gasteiger partial charge in [0.2, 0.25) is 0 Å². The second-order valence-corrected chi connectivity index (χ2v) is 4.95. The van der Waals surface area contributed by atoms with Gasteiger partial charge in [-0.1, -0.05) is 18.2 Å². The predicted molar refractivity (Wildman–Crippen MR) is 81.6 cm³/mol. The first kappa shape index (κ1) is 12.9. The maximum Gasteiger partial charge on any atom is 0.0762 e. The maximum absolute atomic E-state index is 4.46. The lowest BCUT2D eigenvalue weighted by Crippen LogP contribution is -2.17. The Kier molecular flexibility index (Phi) is 3.83. The van der Waals surface area contributed by atoms with Crippen molar-refractivity contribution in [2.24, 2.45) is 0 Å². The van der Waals surface area contributed by atoms with Crippen LogP contribution in [0.2, 0.25) is 0 Å². The van der Waals surface area contributed by atoms with Gasteiger partial charge in [-0.2, -0.15) is 5.10 Å². The Balaban J connectivity index is 1.52. The van der Waals surface area contributed by atoms with Gasteiger partial charge in [0.1, 0.15) is 0 Å². The molecule has 0 amide bonds. The summed E-state index contributed by atoms with van der Waals surface area (Å²) in [5.41, 5.74) is 3.68. The van der Waals surface area contributed by atoms with Gasteiger partial charge in [-0.05, 0) is 37.6 Å². The fourth-order valence-electron chi connectivity index (χ4n) is 2.45. The van der Waals surface area contributed by atoms with Crippen LogP contribution in [-0.4, -0.2) is 21.3 Å². The number of nitrogens with zero attached hydrogens (tertiary/aromatic N) is 2. The normalized spacial score (nSPS) is 11.2. The number of benzene rings is 1. The molecule has 2 heterocycles. The fraction of sp³-hybridized carbons (Fsp3) is 0.312. The van der Waals surface area contributed by atoms with Crippen molar-refractivity contribution >= 4 is 10.9 Å². The van der Waals surface area contributed by atoms with E-state index in [1.807, 2.05) is 10.9 Å². The number of aromatic nitrogens is 3. The molecular formula is C16H20N4. The fourth-order valence-corrected chi connectivity index (χ4v) is 2.45. The van der Waals surface area contributed by atoms with E-state index in [9.17, 15) is 0 Å². The van der Waals surface area contributed by atoms with Crippen molar-refractivity contribution in [3.8, 4) is 0 Å². The molecule has 4 heteroatoms. The molecule has 0 aliphatic heterocycles. The number of H-pyrrole nitrogens is 1. The molecule has 2 aromatic heterocycles. The molecule has 4 nitrogen and oxygen atoms in total. The minimum atomic E-state index is 0.829. The number of nitrogens with one attached hydrogen (secondary N) is 2. The van der Waals surface area contributed by atoms with Crippen molar-refractivity contribution in [1.29, 1.82) is 0 Å². The Bertz CT molecular complexity index is 680. The first-order chi connectivity index (χ1) is 9.86. The minimum Gasteiger partial charge on any atom is -0.361 e. The summed E-state index contributed by atoms with van der Waals surface area (Å²) in [6, 6.07) is 10.5. The third-order valence-electron chi connectivity index (χ3n) is 3.57. The molecule has 0 spiro atoms. The molecule has 0 saturated heterocycles. The largest absolute Gasteiger partial charge is 0.361 e. The van der Waals surface area contributed by atoms with Crippen LogP contribution in [0.1, 0.15) is 18.2 Å². The van der Waals surface area contributed by atoms with E-state index in [2.05, 4.69) is 58.9 Å². The highest BCUT2D eigenvalue weighted by Crippen LogP contribution is 2.17. The Labute approximate surface area is 118 Å². The molecular weight excluding hydrogens is 248 g/mol. The number of hydrogen-bond donors (Lipinski definition) is 2. The molecule has 0 aliphatic rings. The Morgan fingerprint density at radius 3 is 3.00 bits per heavy atom. The summed E-state index contributed by atoms with van der Waals surface area (Å²) in [5.74, 6) is 0. The molecule has 0 fully saturated rings. The summed E-state index contributed by atoms with van der Waals surface area (Å²) in [5, 5.41) is 9.24. The van der Waals surface area contributed by atoms with Gasteiger partial charge in [-0.15, -0.1) is 0 Å². The lowest BCUT2D eigenvalue weighted by Gasteiger charge is -2.02. The number of rotatable bonds is 6. The van der Waals surface area contributed by atoms with Crippen LogP contribution < -0.4 is 5.32 Å². The Morgan fingerprint density at radius 1 is 1.25 bits per heavy atom. The Hall–Kier alpha value is -2.07. The molecule has 20 heavy (non-hydrogen) atoms. The third kappa shape index (κ3) is 2.75. The summed E-state index contributed by atoms with van der Waals surface area (Å²) in [6.45, 7) is 4.81. The van der Waals surface area contributed by atoms with Crippen LogP contribution in [0.4, 0.5) is 0 Å². The number of hydrogen-bond acceptors (Lipinski definition) is 2. The van der Waals surface area contributed by atoms with E-state index in [0.29, 0.717) is 0 Å². The van der Waals surface area contributed by atoms with Gasteiger partial charge in [-0.3, -0.25) is 4.68 Å².